The molecule has 1 aromatic rings. The van der Waals surface area contributed by atoms with Gasteiger partial charge in [0.05, 0.1) is 11.6 Å². The summed E-state index contributed by atoms with van der Waals surface area (Å²) in [5.41, 5.74) is 2.62. The molecule has 0 saturated heterocycles. The smallest absolute Gasteiger partial charge is 0.311 e. The van der Waals surface area contributed by atoms with Gasteiger partial charge in [0.2, 0.25) is 0 Å². The van der Waals surface area contributed by atoms with E-state index in [-0.39, 0.29) is 5.92 Å². The van der Waals surface area contributed by atoms with E-state index >= 15 is 0 Å². The van der Waals surface area contributed by atoms with E-state index in [9.17, 15) is 9.90 Å². The lowest BCUT2D eigenvalue weighted by molar-refractivity contribution is -0.139. The Bertz CT molecular complexity index is 380. The highest BCUT2D eigenvalue weighted by molar-refractivity contribution is 5.77. The zero-order valence-corrected chi connectivity index (χ0v) is 9.90. The molecule has 0 amide bonds. The molecule has 1 heterocycles. The van der Waals surface area contributed by atoms with Crippen LogP contribution in [0.1, 0.15) is 36.7 Å². The first-order chi connectivity index (χ1) is 6.86. The van der Waals surface area contributed by atoms with E-state index in [4.69, 9.17) is 0 Å². The summed E-state index contributed by atoms with van der Waals surface area (Å²) >= 11 is 0. The molecule has 0 aliphatic heterocycles. The van der Waals surface area contributed by atoms with Crippen molar-refractivity contribution in [1.82, 2.24) is 9.78 Å². The highest BCUT2D eigenvalue weighted by Crippen LogP contribution is 2.29. The third-order valence-electron chi connectivity index (χ3n) is 2.81. The molecule has 1 aromatic heterocycles. The number of carbonyl (C=O) groups is 1. The van der Waals surface area contributed by atoms with Gasteiger partial charge in [0.15, 0.2) is 0 Å². The molecule has 4 heteroatoms. The molecule has 0 bridgehead atoms. The third kappa shape index (κ3) is 2.03. The van der Waals surface area contributed by atoms with Crippen molar-refractivity contribution in [1.29, 1.82) is 0 Å². The maximum Gasteiger partial charge on any atom is 0.311 e. The minimum absolute atomic E-state index is 0.0732. The van der Waals surface area contributed by atoms with E-state index in [0.29, 0.717) is 0 Å². The molecule has 0 aromatic carbocycles. The van der Waals surface area contributed by atoms with Crippen LogP contribution >= 0.6 is 0 Å². The van der Waals surface area contributed by atoms with Crippen molar-refractivity contribution < 1.29 is 9.90 Å². The molecule has 0 radical (unpaired) electrons. The highest BCUT2D eigenvalue weighted by Gasteiger charge is 2.29. The van der Waals surface area contributed by atoms with Crippen LogP contribution in [0.15, 0.2) is 0 Å². The summed E-state index contributed by atoms with van der Waals surface area (Å²) in [7, 11) is 1.84. The number of carboxylic acids is 1. The molecule has 0 fully saturated rings. The summed E-state index contributed by atoms with van der Waals surface area (Å²) in [6, 6.07) is 0. The second kappa shape index (κ2) is 4.04. The van der Waals surface area contributed by atoms with Crippen LogP contribution in [0.5, 0.6) is 0 Å². The maximum atomic E-state index is 11.2. The lowest BCUT2D eigenvalue weighted by Gasteiger charge is -2.16. The molecule has 0 saturated carbocycles. The first-order valence-electron chi connectivity index (χ1n) is 5.09. The standard InChI is InChI=1S/C11H18N2O2/c1-6(2)9(11(14)15)10-7(3)12-13(5)8(10)4/h6,9H,1-5H3,(H,14,15). The van der Waals surface area contributed by atoms with Crippen LogP contribution in [0.25, 0.3) is 0 Å². The maximum absolute atomic E-state index is 11.2. The summed E-state index contributed by atoms with van der Waals surface area (Å²) < 4.78 is 1.74. The van der Waals surface area contributed by atoms with Gasteiger partial charge < -0.3 is 5.11 Å². The second-order valence-corrected chi connectivity index (χ2v) is 4.27. The van der Waals surface area contributed by atoms with E-state index < -0.39 is 11.9 Å². The fraction of sp³-hybridized carbons (Fsp3) is 0.636. The van der Waals surface area contributed by atoms with Crippen LogP contribution in [0.4, 0.5) is 0 Å². The van der Waals surface area contributed by atoms with Crippen LogP contribution < -0.4 is 0 Å². The van der Waals surface area contributed by atoms with Gasteiger partial charge in [-0.15, -0.1) is 0 Å². The van der Waals surface area contributed by atoms with Gasteiger partial charge in [-0.05, 0) is 19.8 Å². The van der Waals surface area contributed by atoms with Crippen LogP contribution in [0, 0.1) is 19.8 Å². The van der Waals surface area contributed by atoms with Gasteiger partial charge >= 0.3 is 5.97 Å². The average Bonchev–Trinajstić information content (AvgIpc) is 2.31. The van der Waals surface area contributed by atoms with Gasteiger partial charge in [-0.3, -0.25) is 9.48 Å². The Morgan fingerprint density at radius 2 is 1.93 bits per heavy atom. The fourth-order valence-corrected chi connectivity index (χ4v) is 1.98. The molecule has 1 N–H and O–H groups in total. The van der Waals surface area contributed by atoms with E-state index in [1.807, 2.05) is 34.7 Å². The van der Waals surface area contributed by atoms with Gasteiger partial charge in [-0.2, -0.15) is 5.10 Å². The zero-order chi connectivity index (χ0) is 11.7. The van der Waals surface area contributed by atoms with Crippen molar-refractivity contribution in [3.8, 4) is 0 Å². The lowest BCUT2D eigenvalue weighted by atomic mass is 9.87. The van der Waals surface area contributed by atoms with Crippen molar-refractivity contribution >= 4 is 5.97 Å². The molecule has 84 valence electrons. The van der Waals surface area contributed by atoms with E-state index in [2.05, 4.69) is 5.10 Å². The third-order valence-corrected chi connectivity index (χ3v) is 2.81. The Labute approximate surface area is 89.9 Å². The molecule has 15 heavy (non-hydrogen) atoms. The second-order valence-electron chi connectivity index (χ2n) is 4.27. The number of nitrogens with zero attached hydrogens (tertiary/aromatic N) is 2. The first-order valence-corrected chi connectivity index (χ1v) is 5.09. The zero-order valence-electron chi connectivity index (χ0n) is 9.90. The van der Waals surface area contributed by atoms with Crippen molar-refractivity contribution in [3.05, 3.63) is 17.0 Å². The normalized spacial score (nSPS) is 13.2. The quantitative estimate of drug-likeness (QED) is 0.828. The topological polar surface area (TPSA) is 55.1 Å². The highest BCUT2D eigenvalue weighted by atomic mass is 16.4. The number of carboxylic acid groups (broad SMARTS) is 1. The number of hydrogen-bond donors (Lipinski definition) is 1. The molecule has 0 aliphatic carbocycles. The van der Waals surface area contributed by atoms with Crippen LogP contribution in [0.3, 0.4) is 0 Å². The van der Waals surface area contributed by atoms with Crippen molar-refractivity contribution in [2.45, 2.75) is 33.6 Å². The molecule has 0 spiro atoms. The van der Waals surface area contributed by atoms with Gasteiger partial charge in [-0.25, -0.2) is 0 Å². The largest absolute Gasteiger partial charge is 0.481 e. The average molecular weight is 210 g/mol. The molecular weight excluding hydrogens is 192 g/mol. The summed E-state index contributed by atoms with van der Waals surface area (Å²) in [4.78, 5) is 11.2. The van der Waals surface area contributed by atoms with Crippen molar-refractivity contribution in [3.63, 3.8) is 0 Å². The van der Waals surface area contributed by atoms with Gasteiger partial charge in [-0.1, -0.05) is 13.8 Å². The Morgan fingerprint density at radius 3 is 2.20 bits per heavy atom. The van der Waals surface area contributed by atoms with Gasteiger partial charge in [0, 0.05) is 18.3 Å². The monoisotopic (exact) mass is 210 g/mol. The number of aliphatic carboxylic acids is 1. The summed E-state index contributed by atoms with van der Waals surface area (Å²) in [6.45, 7) is 7.61. The Kier molecular flexibility index (Phi) is 3.17. The summed E-state index contributed by atoms with van der Waals surface area (Å²) in [5, 5.41) is 13.5. The minimum atomic E-state index is -0.774. The molecular formula is C11H18N2O2. The molecule has 1 unspecified atom stereocenters. The summed E-state index contributed by atoms with van der Waals surface area (Å²) in [5.74, 6) is -1.16. The van der Waals surface area contributed by atoms with Crippen LogP contribution in [-0.2, 0) is 11.8 Å². The number of rotatable bonds is 3. The van der Waals surface area contributed by atoms with Gasteiger partial charge in [0.25, 0.3) is 0 Å². The Hall–Kier alpha value is -1.32. The van der Waals surface area contributed by atoms with Crippen molar-refractivity contribution in [2.75, 3.05) is 0 Å². The number of aryl methyl sites for hydroxylation is 2. The SMILES string of the molecule is Cc1nn(C)c(C)c1C(C(=O)O)C(C)C. The molecule has 1 atom stereocenters. The van der Waals surface area contributed by atoms with Crippen LogP contribution in [-0.4, -0.2) is 20.9 Å². The number of aromatic nitrogens is 2. The Balaban J connectivity index is 3.28. The molecule has 1 rings (SSSR count). The fourth-order valence-electron chi connectivity index (χ4n) is 1.98. The molecule has 0 aliphatic rings. The summed E-state index contributed by atoms with van der Waals surface area (Å²) in [6.07, 6.45) is 0. The predicted molar refractivity (Wildman–Crippen MR) is 57.9 cm³/mol. The Morgan fingerprint density at radius 1 is 1.40 bits per heavy atom. The predicted octanol–water partition coefficient (Wildman–Crippen LogP) is 1.86. The lowest BCUT2D eigenvalue weighted by Crippen LogP contribution is -2.19. The van der Waals surface area contributed by atoms with Gasteiger partial charge in [0.1, 0.15) is 0 Å². The van der Waals surface area contributed by atoms with Crippen LogP contribution in [0.2, 0.25) is 0 Å². The van der Waals surface area contributed by atoms with Crippen molar-refractivity contribution in [2.24, 2.45) is 13.0 Å². The minimum Gasteiger partial charge on any atom is -0.481 e. The number of hydrogen-bond acceptors (Lipinski definition) is 2. The van der Waals surface area contributed by atoms with E-state index in [1.165, 1.54) is 0 Å². The van der Waals surface area contributed by atoms with E-state index in [1.54, 1.807) is 4.68 Å². The molecule has 4 nitrogen and oxygen atoms in total. The first kappa shape index (κ1) is 11.8. The van der Waals surface area contributed by atoms with E-state index in [0.717, 1.165) is 17.0 Å².